The second-order valence-electron chi connectivity index (χ2n) is 5.32. The molecule has 1 aromatic carbocycles. The molecule has 6 heteroatoms. The van der Waals surface area contributed by atoms with Crippen LogP contribution in [-0.4, -0.2) is 44.8 Å². The minimum absolute atomic E-state index is 0.0757. The lowest BCUT2D eigenvalue weighted by Crippen LogP contribution is -2.33. The van der Waals surface area contributed by atoms with E-state index in [1.54, 1.807) is 4.90 Å². The van der Waals surface area contributed by atoms with E-state index >= 15 is 0 Å². The smallest absolute Gasteiger partial charge is 0.356 e. The monoisotopic (exact) mass is 299 g/mol. The van der Waals surface area contributed by atoms with Gasteiger partial charge in [-0.15, -0.1) is 0 Å². The van der Waals surface area contributed by atoms with Crippen LogP contribution in [0.5, 0.6) is 0 Å². The van der Waals surface area contributed by atoms with Gasteiger partial charge in [0.05, 0.1) is 0 Å². The molecule has 0 fully saturated rings. The van der Waals surface area contributed by atoms with Gasteiger partial charge in [-0.05, 0) is 18.4 Å². The third-order valence-electron chi connectivity index (χ3n) is 3.82. The Morgan fingerprint density at radius 3 is 2.73 bits per heavy atom. The summed E-state index contributed by atoms with van der Waals surface area (Å²) >= 11 is 0. The summed E-state index contributed by atoms with van der Waals surface area (Å²) in [6, 6.07) is 11.4. The number of aryl methyl sites for hydroxylation is 1. The minimum atomic E-state index is -1.11. The number of rotatable bonds is 4. The first-order chi connectivity index (χ1) is 10.6. The first-order valence-corrected chi connectivity index (χ1v) is 7.29. The minimum Gasteiger partial charge on any atom is -0.476 e. The van der Waals surface area contributed by atoms with Gasteiger partial charge in [0.25, 0.3) is 5.91 Å². The van der Waals surface area contributed by atoms with E-state index in [1.165, 1.54) is 16.3 Å². The van der Waals surface area contributed by atoms with Crippen molar-refractivity contribution in [1.29, 1.82) is 0 Å². The number of hydrogen-bond acceptors (Lipinski definition) is 3. The largest absolute Gasteiger partial charge is 0.476 e. The van der Waals surface area contributed by atoms with Crippen LogP contribution in [-0.2, 0) is 13.0 Å². The zero-order valence-corrected chi connectivity index (χ0v) is 12.1. The summed E-state index contributed by atoms with van der Waals surface area (Å²) in [4.78, 5) is 25.3. The fourth-order valence-electron chi connectivity index (χ4n) is 2.66. The molecule has 2 heterocycles. The molecule has 114 valence electrons. The molecule has 0 bridgehead atoms. The van der Waals surface area contributed by atoms with Gasteiger partial charge in [-0.1, -0.05) is 30.3 Å². The Bertz CT molecular complexity index is 694. The van der Waals surface area contributed by atoms with Crippen molar-refractivity contribution in [1.82, 2.24) is 14.7 Å². The highest BCUT2D eigenvalue weighted by Crippen LogP contribution is 2.15. The summed E-state index contributed by atoms with van der Waals surface area (Å²) in [5.74, 6) is -1.25. The zero-order chi connectivity index (χ0) is 15.5. The van der Waals surface area contributed by atoms with Crippen molar-refractivity contribution < 1.29 is 14.7 Å². The number of hydrogen-bond donors (Lipinski definition) is 1. The molecule has 2 aromatic rings. The fourth-order valence-corrected chi connectivity index (χ4v) is 2.66. The molecule has 1 N–H and O–H groups in total. The summed E-state index contributed by atoms with van der Waals surface area (Å²) < 4.78 is 1.51. The molecule has 0 aliphatic carbocycles. The van der Waals surface area contributed by atoms with Gasteiger partial charge >= 0.3 is 5.97 Å². The number of fused-ring (bicyclic) bond motifs is 1. The Balaban J connectivity index is 1.75. The average molecular weight is 299 g/mol. The van der Waals surface area contributed by atoms with Gasteiger partial charge in [0.15, 0.2) is 5.69 Å². The van der Waals surface area contributed by atoms with Gasteiger partial charge in [0, 0.05) is 25.7 Å². The van der Waals surface area contributed by atoms with Gasteiger partial charge in [0.2, 0.25) is 0 Å². The van der Waals surface area contributed by atoms with Crippen molar-refractivity contribution in [2.24, 2.45) is 0 Å². The van der Waals surface area contributed by atoms with Crippen molar-refractivity contribution in [3.8, 4) is 0 Å². The molecule has 0 radical (unpaired) electrons. The Morgan fingerprint density at radius 2 is 2.00 bits per heavy atom. The lowest BCUT2D eigenvalue weighted by molar-refractivity contribution is 0.0689. The molecule has 3 rings (SSSR count). The maximum atomic E-state index is 12.6. The molecule has 0 unspecified atom stereocenters. The Hall–Kier alpha value is -2.63. The Kier molecular flexibility index (Phi) is 3.91. The van der Waals surface area contributed by atoms with Crippen LogP contribution < -0.4 is 0 Å². The number of amides is 1. The van der Waals surface area contributed by atoms with Gasteiger partial charge in [-0.3, -0.25) is 9.48 Å². The zero-order valence-electron chi connectivity index (χ0n) is 12.1. The SMILES string of the molecule is O=C(O)c1cc2n(n1)CCCN(CCc1ccccc1)C2=O. The molecule has 0 spiro atoms. The number of aromatic nitrogens is 2. The predicted molar refractivity (Wildman–Crippen MR) is 79.9 cm³/mol. The summed E-state index contributed by atoms with van der Waals surface area (Å²) in [5.41, 5.74) is 1.47. The summed E-state index contributed by atoms with van der Waals surface area (Å²) in [6.45, 7) is 1.85. The van der Waals surface area contributed by atoms with E-state index < -0.39 is 5.97 Å². The highest BCUT2D eigenvalue weighted by Gasteiger charge is 2.25. The molecule has 0 saturated carbocycles. The van der Waals surface area contributed by atoms with Crippen LogP contribution in [0.2, 0.25) is 0 Å². The highest BCUT2D eigenvalue weighted by molar-refractivity contribution is 5.95. The number of carbonyl (C=O) groups is 2. The number of carbonyl (C=O) groups excluding carboxylic acids is 1. The number of aromatic carboxylic acids is 1. The molecule has 1 aliphatic rings. The quantitative estimate of drug-likeness (QED) is 0.932. The fraction of sp³-hybridized carbons (Fsp3) is 0.312. The van der Waals surface area contributed by atoms with Crippen LogP contribution in [0.25, 0.3) is 0 Å². The first kappa shape index (κ1) is 14.3. The Labute approximate surface area is 128 Å². The van der Waals surface area contributed by atoms with Crippen molar-refractivity contribution in [3.63, 3.8) is 0 Å². The molecule has 1 amide bonds. The van der Waals surface area contributed by atoms with Gasteiger partial charge in [-0.2, -0.15) is 5.10 Å². The summed E-state index contributed by atoms with van der Waals surface area (Å²) in [5, 5.41) is 13.0. The van der Waals surface area contributed by atoms with Gasteiger partial charge < -0.3 is 10.0 Å². The average Bonchev–Trinajstić information content (AvgIpc) is 2.89. The third kappa shape index (κ3) is 2.86. The maximum absolute atomic E-state index is 12.6. The van der Waals surface area contributed by atoms with E-state index in [9.17, 15) is 9.59 Å². The van der Waals surface area contributed by atoms with Gasteiger partial charge in [0.1, 0.15) is 5.69 Å². The Morgan fingerprint density at radius 1 is 1.23 bits per heavy atom. The lowest BCUT2D eigenvalue weighted by atomic mass is 10.1. The van der Waals surface area contributed by atoms with Crippen molar-refractivity contribution in [2.75, 3.05) is 13.1 Å². The van der Waals surface area contributed by atoms with E-state index in [2.05, 4.69) is 5.10 Å². The van der Waals surface area contributed by atoms with Crippen LogP contribution in [0.4, 0.5) is 0 Å². The van der Waals surface area contributed by atoms with E-state index in [0.29, 0.717) is 25.3 Å². The van der Waals surface area contributed by atoms with Crippen LogP contribution in [0.1, 0.15) is 33.0 Å². The van der Waals surface area contributed by atoms with E-state index in [4.69, 9.17) is 5.11 Å². The van der Waals surface area contributed by atoms with Crippen LogP contribution in [0.15, 0.2) is 36.4 Å². The standard InChI is InChI=1S/C16H17N3O3/c20-15-14-11-13(16(21)22)17-19(14)9-4-8-18(15)10-7-12-5-2-1-3-6-12/h1-3,5-6,11H,4,7-10H2,(H,21,22). The van der Waals surface area contributed by atoms with E-state index in [1.807, 2.05) is 30.3 Å². The van der Waals surface area contributed by atoms with Crippen LogP contribution in [0, 0.1) is 0 Å². The number of carboxylic acid groups (broad SMARTS) is 1. The first-order valence-electron chi connectivity index (χ1n) is 7.29. The molecular weight excluding hydrogens is 282 g/mol. The summed E-state index contributed by atoms with van der Waals surface area (Å²) in [7, 11) is 0. The number of benzene rings is 1. The second kappa shape index (κ2) is 6.01. The van der Waals surface area contributed by atoms with Crippen molar-refractivity contribution in [3.05, 3.63) is 53.3 Å². The molecule has 0 atom stereocenters. The normalized spacial score (nSPS) is 14.5. The predicted octanol–water partition coefficient (Wildman–Crippen LogP) is 1.67. The molecule has 6 nitrogen and oxygen atoms in total. The van der Waals surface area contributed by atoms with Gasteiger partial charge in [-0.25, -0.2) is 4.79 Å². The topological polar surface area (TPSA) is 75.4 Å². The highest BCUT2D eigenvalue weighted by atomic mass is 16.4. The third-order valence-corrected chi connectivity index (χ3v) is 3.82. The molecule has 22 heavy (non-hydrogen) atoms. The van der Waals surface area contributed by atoms with Crippen molar-refractivity contribution >= 4 is 11.9 Å². The van der Waals surface area contributed by atoms with Crippen LogP contribution in [0.3, 0.4) is 0 Å². The maximum Gasteiger partial charge on any atom is 0.356 e. The second-order valence-corrected chi connectivity index (χ2v) is 5.32. The van der Waals surface area contributed by atoms with Crippen molar-refractivity contribution in [2.45, 2.75) is 19.4 Å². The van der Waals surface area contributed by atoms with Crippen LogP contribution >= 0.6 is 0 Å². The summed E-state index contributed by atoms with van der Waals surface area (Å²) in [6.07, 6.45) is 1.56. The molecule has 1 aromatic heterocycles. The number of carboxylic acids is 1. The lowest BCUT2D eigenvalue weighted by Gasteiger charge is -2.20. The molecule has 1 aliphatic heterocycles. The number of nitrogens with zero attached hydrogens (tertiary/aromatic N) is 3. The van der Waals surface area contributed by atoms with E-state index in [-0.39, 0.29) is 11.6 Å². The molecular formula is C16H17N3O3. The van der Waals surface area contributed by atoms with E-state index in [0.717, 1.165) is 12.8 Å². The molecule has 0 saturated heterocycles.